The highest BCUT2D eigenvalue weighted by atomic mass is 79.9. The summed E-state index contributed by atoms with van der Waals surface area (Å²) in [7, 11) is -2.12. The summed E-state index contributed by atoms with van der Waals surface area (Å²) < 4.78 is 41.9. The lowest BCUT2D eigenvalue weighted by Crippen LogP contribution is -2.58. The summed E-state index contributed by atoms with van der Waals surface area (Å²) in [4.78, 5) is 24.7. The molecule has 2 aromatic rings. The van der Waals surface area contributed by atoms with E-state index in [2.05, 4.69) is 59.8 Å². The predicted molar refractivity (Wildman–Crippen MR) is 139 cm³/mol. The van der Waals surface area contributed by atoms with Crippen molar-refractivity contribution in [3.05, 3.63) is 28.5 Å². The quantitative estimate of drug-likeness (QED) is 0.325. The van der Waals surface area contributed by atoms with E-state index >= 15 is 4.39 Å². The summed E-state index contributed by atoms with van der Waals surface area (Å²) in [5.74, 6) is -0.986. The van der Waals surface area contributed by atoms with Crippen molar-refractivity contribution in [2.75, 3.05) is 31.1 Å². The zero-order valence-corrected chi connectivity index (χ0v) is 24.3. The van der Waals surface area contributed by atoms with Crippen LogP contribution in [0.1, 0.15) is 41.5 Å². The van der Waals surface area contributed by atoms with E-state index in [0.29, 0.717) is 26.2 Å². The third kappa shape index (κ3) is 6.11. The smallest absolute Gasteiger partial charge is 0.410 e. The number of benzene rings is 1. The highest BCUT2D eigenvalue weighted by Crippen LogP contribution is 2.38. The Morgan fingerprint density at radius 3 is 2.43 bits per heavy atom. The van der Waals surface area contributed by atoms with Gasteiger partial charge in [-0.05, 0) is 60.9 Å². The van der Waals surface area contributed by atoms with Crippen molar-refractivity contribution >= 4 is 47.1 Å². The van der Waals surface area contributed by atoms with Crippen LogP contribution in [0.3, 0.4) is 0 Å². The number of hydrogen-bond acceptors (Lipinski definition) is 6. The maximum absolute atomic E-state index is 15.1. The van der Waals surface area contributed by atoms with Gasteiger partial charge in [-0.1, -0.05) is 20.8 Å². The molecule has 35 heavy (non-hydrogen) atoms. The van der Waals surface area contributed by atoms with Gasteiger partial charge < -0.3 is 19.0 Å². The van der Waals surface area contributed by atoms with Crippen LogP contribution in [0.25, 0.3) is 10.9 Å². The van der Waals surface area contributed by atoms with E-state index in [-0.39, 0.29) is 32.3 Å². The molecule has 7 nitrogen and oxygen atoms in total. The van der Waals surface area contributed by atoms with E-state index < -0.39 is 31.6 Å². The Morgan fingerprint density at radius 2 is 1.83 bits per heavy atom. The lowest BCUT2D eigenvalue weighted by Gasteiger charge is -2.44. The molecule has 194 valence electrons. The normalized spacial score (nSPS) is 17.7. The molecular weight excluding hydrogens is 538 g/mol. The van der Waals surface area contributed by atoms with Gasteiger partial charge in [0.15, 0.2) is 14.1 Å². The van der Waals surface area contributed by atoms with Crippen LogP contribution in [-0.4, -0.2) is 67.2 Å². The van der Waals surface area contributed by atoms with Crippen molar-refractivity contribution in [1.82, 2.24) is 14.9 Å². The van der Waals surface area contributed by atoms with Gasteiger partial charge in [0.2, 0.25) is 0 Å². The summed E-state index contributed by atoms with van der Waals surface area (Å²) in [5.41, 5.74) is -0.723. The first-order valence-electron chi connectivity index (χ1n) is 11.7. The van der Waals surface area contributed by atoms with Crippen molar-refractivity contribution < 1.29 is 22.7 Å². The van der Waals surface area contributed by atoms with E-state index in [1.807, 2.05) is 25.7 Å². The molecule has 3 rings (SSSR count). The van der Waals surface area contributed by atoms with Gasteiger partial charge in [0.1, 0.15) is 29.1 Å². The number of carbonyl (C=O) groups excluding carboxylic acids is 1. The average molecular weight is 574 g/mol. The van der Waals surface area contributed by atoms with Crippen LogP contribution in [0, 0.1) is 11.6 Å². The number of nitrogens with zero attached hydrogens (tertiary/aromatic N) is 4. The third-order valence-corrected chi connectivity index (χ3v) is 11.7. The molecule has 11 heteroatoms. The molecule has 0 unspecified atom stereocenters. The van der Waals surface area contributed by atoms with Gasteiger partial charge in [-0.15, -0.1) is 0 Å². The summed E-state index contributed by atoms with van der Waals surface area (Å²) in [6, 6.07) is 0.748. The van der Waals surface area contributed by atoms with Gasteiger partial charge in [-0.3, -0.25) is 0 Å². The number of halogens is 3. The second-order valence-electron chi connectivity index (χ2n) is 11.4. The third-order valence-electron chi connectivity index (χ3n) is 6.59. The first kappa shape index (κ1) is 27.7. The van der Waals surface area contributed by atoms with Crippen LogP contribution in [0.15, 0.2) is 16.9 Å². The Morgan fingerprint density at radius 1 is 1.17 bits per heavy atom. The van der Waals surface area contributed by atoms with E-state index in [1.54, 1.807) is 4.90 Å². The molecule has 1 aliphatic heterocycles. The highest BCUT2D eigenvalue weighted by molar-refractivity contribution is 9.10. The number of aromatic nitrogens is 2. The second-order valence-corrected chi connectivity index (χ2v) is 17.1. The van der Waals surface area contributed by atoms with E-state index in [4.69, 9.17) is 9.16 Å². The molecule has 2 heterocycles. The van der Waals surface area contributed by atoms with Crippen LogP contribution in [0.5, 0.6) is 0 Å². The van der Waals surface area contributed by atoms with Crippen LogP contribution in [0.2, 0.25) is 18.1 Å². The lowest BCUT2D eigenvalue weighted by molar-refractivity contribution is 0.0199. The van der Waals surface area contributed by atoms with Crippen molar-refractivity contribution in [2.24, 2.45) is 0 Å². The van der Waals surface area contributed by atoms with Crippen molar-refractivity contribution in [3.63, 3.8) is 0 Å². The Balaban J connectivity index is 2.00. The molecular formula is C24H35BrF2N4O3Si. The van der Waals surface area contributed by atoms with Crippen LogP contribution in [-0.2, 0) is 9.16 Å². The molecule has 0 aliphatic carbocycles. The molecule has 1 saturated heterocycles. The monoisotopic (exact) mass is 572 g/mol. The molecule has 1 amide bonds. The molecule has 0 spiro atoms. The molecule has 0 saturated carbocycles. The summed E-state index contributed by atoms with van der Waals surface area (Å²) >= 11 is 3.05. The number of ether oxygens (including phenoxy) is 1. The minimum Gasteiger partial charge on any atom is -0.444 e. The van der Waals surface area contributed by atoms with Gasteiger partial charge in [0.05, 0.1) is 22.5 Å². The number of amides is 1. The van der Waals surface area contributed by atoms with Crippen molar-refractivity contribution in [3.8, 4) is 0 Å². The molecule has 0 bridgehead atoms. The fraction of sp³-hybridized carbons (Fsp3) is 0.625. The number of fused-ring (bicyclic) bond motifs is 1. The summed E-state index contributed by atoms with van der Waals surface area (Å²) in [5, 5.41) is -0.00300. The zero-order chi connectivity index (χ0) is 26.3. The molecule has 1 aromatic carbocycles. The van der Waals surface area contributed by atoms with Gasteiger partial charge in [0, 0.05) is 19.6 Å². The summed E-state index contributed by atoms with van der Waals surface area (Å²) in [6.07, 6.45) is 0.821. The Labute approximate surface area is 215 Å². The summed E-state index contributed by atoms with van der Waals surface area (Å²) in [6.45, 7) is 17.5. The number of hydrogen-bond donors (Lipinski definition) is 0. The van der Waals surface area contributed by atoms with Crippen LogP contribution >= 0.6 is 15.9 Å². The van der Waals surface area contributed by atoms with Gasteiger partial charge >= 0.3 is 6.09 Å². The maximum Gasteiger partial charge on any atom is 0.410 e. The molecule has 1 aliphatic rings. The first-order chi connectivity index (χ1) is 16.0. The average Bonchev–Trinajstić information content (AvgIpc) is 2.73. The minimum atomic E-state index is -2.12. The molecule has 0 N–H and O–H groups in total. The molecule has 0 radical (unpaired) electrons. The number of carbonyl (C=O) groups is 1. The van der Waals surface area contributed by atoms with E-state index in [9.17, 15) is 9.18 Å². The predicted octanol–water partition coefficient (Wildman–Crippen LogP) is 6.12. The number of piperazine rings is 1. The topological polar surface area (TPSA) is 67.8 Å². The van der Waals surface area contributed by atoms with Crippen LogP contribution in [0.4, 0.5) is 19.4 Å². The zero-order valence-electron chi connectivity index (χ0n) is 21.7. The van der Waals surface area contributed by atoms with Gasteiger partial charge in [-0.2, -0.15) is 0 Å². The van der Waals surface area contributed by atoms with Crippen LogP contribution < -0.4 is 4.90 Å². The van der Waals surface area contributed by atoms with E-state index in [1.165, 1.54) is 6.33 Å². The van der Waals surface area contributed by atoms with E-state index in [0.717, 1.165) is 6.07 Å². The Bertz CT molecular complexity index is 1100. The Kier molecular flexibility index (Phi) is 7.84. The van der Waals surface area contributed by atoms with Crippen molar-refractivity contribution in [2.45, 2.75) is 71.3 Å². The molecule has 1 atom stereocenters. The highest BCUT2D eigenvalue weighted by Gasteiger charge is 2.40. The lowest BCUT2D eigenvalue weighted by atomic mass is 10.1. The number of rotatable bonds is 4. The minimum absolute atomic E-state index is 0.000273. The van der Waals surface area contributed by atoms with Gasteiger partial charge in [0.25, 0.3) is 0 Å². The van der Waals surface area contributed by atoms with Crippen molar-refractivity contribution in [1.29, 1.82) is 0 Å². The largest absolute Gasteiger partial charge is 0.444 e. The maximum atomic E-state index is 15.1. The fourth-order valence-corrected chi connectivity index (χ4v) is 5.06. The molecule has 1 fully saturated rings. The molecule has 1 aromatic heterocycles. The second kappa shape index (κ2) is 9.89. The van der Waals surface area contributed by atoms with Gasteiger partial charge in [-0.25, -0.2) is 23.5 Å². The Hall–Kier alpha value is -1.85. The number of anilines is 1. The SMILES string of the molecule is CC(C)(C)OC(=O)N1CCN(c2ncnc3c(F)c(Br)cc(F)c23)[C@H](CO[Si](C)(C)C(C)(C)C)C1. The first-order valence-corrected chi connectivity index (χ1v) is 15.4. The standard InChI is InChI=1S/C24H35BrF2N4O3Si/c1-23(2,3)34-22(32)30-9-10-31(15(12-30)13-33-35(7,8)24(4,5)6)21-18-17(26)11-16(25)19(27)20(18)28-14-29-21/h11,14-15H,9-10,12-13H2,1-8H3/t15-/m0/s1. The fourth-order valence-electron chi connectivity index (χ4n) is 3.63.